The van der Waals surface area contributed by atoms with E-state index in [1.807, 2.05) is 25.5 Å². The van der Waals surface area contributed by atoms with Gasteiger partial charge in [-0.15, -0.1) is 0 Å². The highest BCUT2D eigenvalue weighted by Gasteiger charge is 2.36. The van der Waals surface area contributed by atoms with Crippen molar-refractivity contribution >= 4 is 10.0 Å². The smallest absolute Gasteiger partial charge is 0.242 e. The zero-order valence-electron chi connectivity index (χ0n) is 11.9. The summed E-state index contributed by atoms with van der Waals surface area (Å²) < 4.78 is 29.6. The summed E-state index contributed by atoms with van der Waals surface area (Å²) >= 11 is 0. The van der Waals surface area contributed by atoms with E-state index >= 15 is 0 Å². The molecule has 6 heteroatoms. The quantitative estimate of drug-likeness (QED) is 0.831. The first kappa shape index (κ1) is 14.6. The summed E-state index contributed by atoms with van der Waals surface area (Å²) in [5.41, 5.74) is 0.736. The first-order valence-electron chi connectivity index (χ1n) is 6.78. The van der Waals surface area contributed by atoms with Crippen LogP contribution in [0, 0.1) is 0 Å². The number of hydrogen-bond acceptors (Lipinski definition) is 3. The summed E-state index contributed by atoms with van der Waals surface area (Å²) in [5.74, 6) is 0. The lowest BCUT2D eigenvalue weighted by Gasteiger charge is -2.38. The van der Waals surface area contributed by atoms with Crippen LogP contribution in [0.5, 0.6) is 0 Å². The van der Waals surface area contributed by atoms with Crippen molar-refractivity contribution in [2.45, 2.75) is 56.6 Å². The van der Waals surface area contributed by atoms with Crippen molar-refractivity contribution in [1.82, 2.24) is 14.6 Å². The normalized spacial score (nSPS) is 18.3. The zero-order valence-corrected chi connectivity index (χ0v) is 12.7. The Morgan fingerprint density at radius 1 is 1.42 bits per heavy atom. The van der Waals surface area contributed by atoms with Crippen LogP contribution in [0.15, 0.2) is 17.2 Å². The van der Waals surface area contributed by atoms with Crippen LogP contribution in [-0.4, -0.2) is 25.6 Å². The molecule has 2 rings (SSSR count). The average Bonchev–Trinajstić information content (AvgIpc) is 2.71. The number of sulfonamides is 1. The lowest BCUT2D eigenvalue weighted by molar-refractivity contribution is 0.248. The first-order chi connectivity index (χ1) is 8.90. The highest BCUT2D eigenvalue weighted by molar-refractivity contribution is 7.89. The molecule has 0 atom stereocenters. The average molecular weight is 285 g/mol. The Hall–Kier alpha value is -0.850. The molecule has 0 aliphatic heterocycles. The fourth-order valence-electron chi connectivity index (χ4n) is 2.49. The van der Waals surface area contributed by atoms with Gasteiger partial charge in [-0.2, -0.15) is 0 Å². The molecule has 0 saturated heterocycles. The van der Waals surface area contributed by atoms with E-state index in [1.54, 1.807) is 12.3 Å². The van der Waals surface area contributed by atoms with E-state index < -0.39 is 10.0 Å². The minimum absolute atomic E-state index is 0.254. The number of rotatable bonds is 6. The molecule has 0 bridgehead atoms. The Morgan fingerprint density at radius 3 is 2.58 bits per heavy atom. The number of aryl methyl sites for hydroxylation is 1. The van der Waals surface area contributed by atoms with Crippen molar-refractivity contribution in [2.24, 2.45) is 0 Å². The Labute approximate surface area is 115 Å². The third-order valence-corrected chi connectivity index (χ3v) is 5.41. The van der Waals surface area contributed by atoms with Gasteiger partial charge in [0.15, 0.2) is 0 Å². The number of aromatic nitrogens is 1. The highest BCUT2D eigenvalue weighted by atomic mass is 32.2. The molecule has 0 aromatic carbocycles. The van der Waals surface area contributed by atoms with E-state index in [4.69, 9.17) is 0 Å². The SMILES string of the molecule is CCn1cc(S(=O)(=O)NC2(C)CCC2)cc1CNC. The van der Waals surface area contributed by atoms with Crippen LogP contribution in [-0.2, 0) is 23.1 Å². The van der Waals surface area contributed by atoms with Crippen molar-refractivity contribution in [3.63, 3.8) is 0 Å². The van der Waals surface area contributed by atoms with Crippen molar-refractivity contribution in [1.29, 1.82) is 0 Å². The first-order valence-corrected chi connectivity index (χ1v) is 8.26. The lowest BCUT2D eigenvalue weighted by Crippen LogP contribution is -2.50. The van der Waals surface area contributed by atoms with Crippen molar-refractivity contribution in [2.75, 3.05) is 7.05 Å². The second-order valence-corrected chi connectivity index (χ2v) is 7.19. The fourth-order valence-corrected chi connectivity index (χ4v) is 4.02. The molecule has 2 N–H and O–H groups in total. The van der Waals surface area contributed by atoms with Crippen LogP contribution in [0.3, 0.4) is 0 Å². The van der Waals surface area contributed by atoms with Crippen LogP contribution in [0.4, 0.5) is 0 Å². The van der Waals surface area contributed by atoms with Crippen LogP contribution >= 0.6 is 0 Å². The van der Waals surface area contributed by atoms with Gasteiger partial charge in [0.25, 0.3) is 0 Å². The summed E-state index contributed by atoms with van der Waals surface area (Å²) in [4.78, 5) is 0.368. The van der Waals surface area contributed by atoms with E-state index in [-0.39, 0.29) is 5.54 Å². The van der Waals surface area contributed by atoms with Gasteiger partial charge in [0.05, 0.1) is 4.90 Å². The van der Waals surface area contributed by atoms with Gasteiger partial charge >= 0.3 is 0 Å². The third-order valence-electron chi connectivity index (χ3n) is 3.81. The van der Waals surface area contributed by atoms with Gasteiger partial charge in [0.2, 0.25) is 10.0 Å². The summed E-state index contributed by atoms with van der Waals surface area (Å²) in [7, 11) is -1.55. The maximum absolute atomic E-state index is 12.4. The van der Waals surface area contributed by atoms with Crippen LogP contribution < -0.4 is 10.0 Å². The minimum atomic E-state index is -3.41. The maximum Gasteiger partial charge on any atom is 0.242 e. The number of nitrogens with zero attached hydrogens (tertiary/aromatic N) is 1. The molecular weight excluding hydrogens is 262 g/mol. The lowest BCUT2D eigenvalue weighted by atomic mass is 9.80. The van der Waals surface area contributed by atoms with Crippen LogP contribution in [0.25, 0.3) is 0 Å². The molecule has 1 aromatic heterocycles. The molecule has 1 aliphatic carbocycles. The second kappa shape index (κ2) is 5.26. The molecule has 1 saturated carbocycles. The molecule has 0 radical (unpaired) electrons. The zero-order chi connectivity index (χ0) is 14.1. The Balaban J connectivity index is 2.24. The maximum atomic E-state index is 12.4. The molecule has 1 fully saturated rings. The van der Waals surface area contributed by atoms with E-state index in [0.717, 1.165) is 31.5 Å². The van der Waals surface area contributed by atoms with E-state index in [2.05, 4.69) is 10.0 Å². The van der Waals surface area contributed by atoms with Gasteiger partial charge in [-0.1, -0.05) is 0 Å². The number of nitrogens with one attached hydrogen (secondary N) is 2. The van der Waals surface area contributed by atoms with Crippen molar-refractivity contribution in [3.05, 3.63) is 18.0 Å². The van der Waals surface area contributed by atoms with Gasteiger partial charge < -0.3 is 9.88 Å². The fraction of sp³-hybridized carbons (Fsp3) is 0.692. The van der Waals surface area contributed by atoms with E-state index in [0.29, 0.717) is 11.4 Å². The molecule has 19 heavy (non-hydrogen) atoms. The van der Waals surface area contributed by atoms with Gasteiger partial charge in [-0.05, 0) is 46.2 Å². The standard InChI is InChI=1S/C13H23N3O2S/c1-4-16-10-12(8-11(16)9-14-3)19(17,18)15-13(2)6-5-7-13/h8,10,14-15H,4-7,9H2,1-3H3. The predicted octanol–water partition coefficient (Wildman–Crippen LogP) is 1.45. The van der Waals surface area contributed by atoms with Crippen molar-refractivity contribution in [3.8, 4) is 0 Å². The highest BCUT2D eigenvalue weighted by Crippen LogP contribution is 2.32. The van der Waals surface area contributed by atoms with Crippen LogP contribution in [0.2, 0.25) is 0 Å². The second-order valence-electron chi connectivity index (χ2n) is 5.50. The molecule has 1 aromatic rings. The van der Waals surface area contributed by atoms with E-state index in [1.165, 1.54) is 0 Å². The Morgan fingerprint density at radius 2 is 2.11 bits per heavy atom. The van der Waals surface area contributed by atoms with E-state index in [9.17, 15) is 8.42 Å². The molecule has 1 heterocycles. The van der Waals surface area contributed by atoms with Crippen molar-refractivity contribution < 1.29 is 8.42 Å². The third kappa shape index (κ3) is 3.01. The number of hydrogen-bond donors (Lipinski definition) is 2. The molecule has 0 unspecified atom stereocenters. The van der Waals surface area contributed by atoms with Crippen LogP contribution in [0.1, 0.15) is 38.8 Å². The molecule has 1 aliphatic rings. The largest absolute Gasteiger partial charge is 0.349 e. The Bertz CT molecular complexity index is 544. The molecule has 108 valence electrons. The monoisotopic (exact) mass is 285 g/mol. The summed E-state index contributed by atoms with van der Waals surface area (Å²) in [6, 6.07) is 1.75. The molecule has 5 nitrogen and oxygen atoms in total. The Kier molecular flexibility index (Phi) is 4.03. The van der Waals surface area contributed by atoms with Gasteiger partial charge in [-0.3, -0.25) is 0 Å². The van der Waals surface area contributed by atoms with Gasteiger partial charge in [0, 0.05) is 30.5 Å². The van der Waals surface area contributed by atoms with Gasteiger partial charge in [0.1, 0.15) is 0 Å². The summed E-state index contributed by atoms with van der Waals surface area (Å²) in [6.45, 7) is 5.42. The van der Waals surface area contributed by atoms with Gasteiger partial charge in [-0.25, -0.2) is 13.1 Å². The molecule has 0 spiro atoms. The summed E-state index contributed by atoms with van der Waals surface area (Å²) in [6.07, 6.45) is 4.66. The molecule has 0 amide bonds. The minimum Gasteiger partial charge on any atom is -0.349 e. The molecular formula is C13H23N3O2S. The summed E-state index contributed by atoms with van der Waals surface area (Å²) in [5, 5.41) is 3.06. The predicted molar refractivity (Wildman–Crippen MR) is 75.4 cm³/mol. The topological polar surface area (TPSA) is 63.1 Å².